The van der Waals surface area contributed by atoms with Gasteiger partial charge < -0.3 is 10.1 Å². The van der Waals surface area contributed by atoms with E-state index >= 15 is 0 Å². The Labute approximate surface area is 112 Å². The molecule has 0 aromatic heterocycles. The zero-order chi connectivity index (χ0) is 11.9. The predicted molar refractivity (Wildman–Crippen MR) is 75.9 cm³/mol. The van der Waals surface area contributed by atoms with Crippen molar-refractivity contribution in [2.75, 3.05) is 26.3 Å². The SMILES string of the molecule is S=C(NCc1ccccc1)SN1CCOCC1. The second-order valence-electron chi connectivity index (χ2n) is 3.76. The van der Waals surface area contributed by atoms with Crippen molar-refractivity contribution in [3.8, 4) is 0 Å². The molecule has 3 nitrogen and oxygen atoms in total. The Morgan fingerprint density at radius 2 is 2.00 bits per heavy atom. The van der Waals surface area contributed by atoms with Crippen LogP contribution in [0.2, 0.25) is 0 Å². The van der Waals surface area contributed by atoms with E-state index < -0.39 is 0 Å². The van der Waals surface area contributed by atoms with E-state index in [0.29, 0.717) is 0 Å². The molecule has 1 heterocycles. The zero-order valence-electron chi connectivity index (χ0n) is 9.59. The number of morpholine rings is 1. The Hall–Kier alpha value is -0.620. The van der Waals surface area contributed by atoms with E-state index in [1.165, 1.54) is 5.56 Å². The average molecular weight is 268 g/mol. The zero-order valence-corrected chi connectivity index (χ0v) is 11.2. The van der Waals surface area contributed by atoms with Crippen LogP contribution in [0, 0.1) is 0 Å². The first-order valence-corrected chi connectivity index (χ1v) is 6.85. The summed E-state index contributed by atoms with van der Waals surface area (Å²) in [6.45, 7) is 4.27. The molecule has 0 saturated carbocycles. The molecule has 0 amide bonds. The lowest BCUT2D eigenvalue weighted by Crippen LogP contribution is -2.34. The maximum atomic E-state index is 5.30. The van der Waals surface area contributed by atoms with Crippen LogP contribution in [0.25, 0.3) is 0 Å². The second kappa shape index (κ2) is 6.96. The largest absolute Gasteiger partial charge is 0.379 e. The van der Waals surface area contributed by atoms with Gasteiger partial charge >= 0.3 is 0 Å². The van der Waals surface area contributed by atoms with Crippen LogP contribution in [0.4, 0.5) is 0 Å². The molecule has 0 unspecified atom stereocenters. The molecule has 0 radical (unpaired) electrons. The van der Waals surface area contributed by atoms with Gasteiger partial charge in [-0.2, -0.15) is 0 Å². The van der Waals surface area contributed by atoms with E-state index in [9.17, 15) is 0 Å². The van der Waals surface area contributed by atoms with Crippen LogP contribution >= 0.6 is 24.2 Å². The lowest BCUT2D eigenvalue weighted by Gasteiger charge is -2.25. The molecule has 0 bridgehead atoms. The number of nitrogens with zero attached hydrogens (tertiary/aromatic N) is 1. The quantitative estimate of drug-likeness (QED) is 0.668. The summed E-state index contributed by atoms with van der Waals surface area (Å²) in [6, 6.07) is 10.3. The smallest absolute Gasteiger partial charge is 0.149 e. The van der Waals surface area contributed by atoms with E-state index in [-0.39, 0.29) is 0 Å². The number of thiocarbonyl (C=S) groups is 1. The molecule has 1 aliphatic heterocycles. The third-order valence-electron chi connectivity index (χ3n) is 2.46. The monoisotopic (exact) mass is 268 g/mol. The van der Waals surface area contributed by atoms with Gasteiger partial charge in [0.05, 0.1) is 13.2 Å². The fourth-order valence-corrected chi connectivity index (χ4v) is 2.65. The summed E-state index contributed by atoms with van der Waals surface area (Å²) in [5.74, 6) is 0. The minimum atomic E-state index is 0.789. The molecule has 1 aliphatic rings. The number of rotatable bonds is 3. The van der Waals surface area contributed by atoms with E-state index in [1.807, 2.05) is 18.2 Å². The van der Waals surface area contributed by atoms with Crippen LogP contribution in [0.3, 0.4) is 0 Å². The first-order valence-electron chi connectivity index (χ1n) is 5.67. The van der Waals surface area contributed by atoms with Crippen molar-refractivity contribution in [1.82, 2.24) is 9.62 Å². The summed E-state index contributed by atoms with van der Waals surface area (Å²) in [5.41, 5.74) is 1.25. The van der Waals surface area contributed by atoms with Crippen molar-refractivity contribution in [1.29, 1.82) is 0 Å². The van der Waals surface area contributed by atoms with Gasteiger partial charge in [-0.1, -0.05) is 42.5 Å². The van der Waals surface area contributed by atoms with E-state index in [4.69, 9.17) is 17.0 Å². The Morgan fingerprint density at radius 1 is 1.29 bits per heavy atom. The highest BCUT2D eigenvalue weighted by Gasteiger charge is 2.12. The highest BCUT2D eigenvalue weighted by atomic mass is 32.2. The minimum Gasteiger partial charge on any atom is -0.379 e. The summed E-state index contributed by atoms with van der Waals surface area (Å²) >= 11 is 6.92. The van der Waals surface area contributed by atoms with Crippen molar-refractivity contribution in [2.24, 2.45) is 0 Å². The summed E-state index contributed by atoms with van der Waals surface area (Å²) in [7, 11) is 0. The van der Waals surface area contributed by atoms with Crippen LogP contribution in [0.5, 0.6) is 0 Å². The van der Waals surface area contributed by atoms with Crippen molar-refractivity contribution in [3.05, 3.63) is 35.9 Å². The highest BCUT2D eigenvalue weighted by molar-refractivity contribution is 8.21. The molecule has 17 heavy (non-hydrogen) atoms. The van der Waals surface area contributed by atoms with Gasteiger partial charge in [-0.05, 0) is 17.5 Å². The molecular formula is C12H16N2OS2. The summed E-state index contributed by atoms with van der Waals surface area (Å²) in [4.78, 5) is 0. The highest BCUT2D eigenvalue weighted by Crippen LogP contribution is 2.13. The van der Waals surface area contributed by atoms with Crippen LogP contribution in [0.15, 0.2) is 30.3 Å². The Morgan fingerprint density at radius 3 is 2.71 bits per heavy atom. The number of hydrogen-bond donors (Lipinski definition) is 1. The van der Waals surface area contributed by atoms with Gasteiger partial charge in [0.1, 0.15) is 4.32 Å². The normalized spacial score (nSPS) is 16.7. The molecule has 92 valence electrons. The van der Waals surface area contributed by atoms with Gasteiger partial charge in [-0.25, -0.2) is 4.31 Å². The van der Waals surface area contributed by atoms with Gasteiger partial charge in [-0.15, -0.1) is 0 Å². The first-order chi connectivity index (χ1) is 8.34. The molecule has 1 aromatic rings. The van der Waals surface area contributed by atoms with Crippen molar-refractivity contribution in [3.63, 3.8) is 0 Å². The third-order valence-corrected chi connectivity index (χ3v) is 3.76. The molecule has 1 aromatic carbocycles. The van der Waals surface area contributed by atoms with Crippen LogP contribution in [-0.2, 0) is 11.3 Å². The molecule has 1 N–H and O–H groups in total. The first kappa shape index (κ1) is 12.8. The van der Waals surface area contributed by atoms with Crippen LogP contribution < -0.4 is 5.32 Å². The molecule has 0 spiro atoms. The molecular weight excluding hydrogens is 252 g/mol. The van der Waals surface area contributed by atoms with E-state index in [2.05, 4.69) is 21.8 Å². The Balaban J connectivity index is 1.70. The van der Waals surface area contributed by atoms with Gasteiger partial charge in [0.25, 0.3) is 0 Å². The Kier molecular flexibility index (Phi) is 5.25. The molecule has 5 heteroatoms. The summed E-state index contributed by atoms with van der Waals surface area (Å²) < 4.78 is 8.36. The fourth-order valence-electron chi connectivity index (χ4n) is 1.56. The topological polar surface area (TPSA) is 24.5 Å². The van der Waals surface area contributed by atoms with Crippen molar-refractivity contribution < 1.29 is 4.74 Å². The van der Waals surface area contributed by atoms with Gasteiger partial charge in [-0.3, -0.25) is 0 Å². The molecule has 0 aliphatic carbocycles. The summed E-state index contributed by atoms with van der Waals surface area (Å²) in [6.07, 6.45) is 0. The van der Waals surface area contributed by atoms with Gasteiger partial charge in [0.2, 0.25) is 0 Å². The van der Waals surface area contributed by atoms with Crippen molar-refractivity contribution >= 4 is 28.5 Å². The Bertz CT molecular complexity index is 353. The maximum Gasteiger partial charge on any atom is 0.149 e. The number of ether oxygens (including phenoxy) is 1. The lowest BCUT2D eigenvalue weighted by molar-refractivity contribution is 0.0777. The fraction of sp³-hybridized carbons (Fsp3) is 0.417. The summed E-state index contributed by atoms with van der Waals surface area (Å²) in [5, 5.41) is 3.26. The molecule has 1 saturated heterocycles. The average Bonchev–Trinajstić information content (AvgIpc) is 2.39. The van der Waals surface area contributed by atoms with Gasteiger partial charge in [0.15, 0.2) is 0 Å². The number of nitrogens with one attached hydrogen (secondary N) is 1. The standard InChI is InChI=1S/C12H16N2OS2/c16-12(17-14-6-8-15-9-7-14)13-10-11-4-2-1-3-5-11/h1-5H,6-10H2,(H,13,16). The van der Waals surface area contributed by atoms with Crippen LogP contribution in [-0.4, -0.2) is 34.9 Å². The van der Waals surface area contributed by atoms with E-state index in [1.54, 1.807) is 11.9 Å². The predicted octanol–water partition coefficient (Wildman–Crippen LogP) is 2.04. The number of benzene rings is 1. The van der Waals surface area contributed by atoms with Crippen molar-refractivity contribution in [2.45, 2.75) is 6.54 Å². The molecule has 0 atom stereocenters. The molecule has 2 rings (SSSR count). The lowest BCUT2D eigenvalue weighted by atomic mass is 10.2. The number of hydrogen-bond acceptors (Lipinski definition) is 4. The minimum absolute atomic E-state index is 0.789. The maximum absolute atomic E-state index is 5.30. The third kappa shape index (κ3) is 4.63. The van der Waals surface area contributed by atoms with Crippen LogP contribution in [0.1, 0.15) is 5.56 Å². The molecule has 1 fully saturated rings. The second-order valence-corrected chi connectivity index (χ2v) is 5.53. The van der Waals surface area contributed by atoms with E-state index in [0.717, 1.165) is 37.2 Å². The van der Waals surface area contributed by atoms with Gasteiger partial charge in [0, 0.05) is 19.6 Å².